The van der Waals surface area contributed by atoms with Crippen LogP contribution in [0.25, 0.3) is 0 Å². The van der Waals surface area contributed by atoms with Crippen LogP contribution in [0.15, 0.2) is 18.2 Å². The number of carbonyl (C=O) groups excluding carboxylic acids is 1. The fourth-order valence-electron chi connectivity index (χ4n) is 3.05. The molecule has 1 saturated heterocycles. The molecule has 2 rings (SSSR count). The molecule has 1 atom stereocenters. The molecule has 1 aliphatic heterocycles. The predicted octanol–water partition coefficient (Wildman–Crippen LogP) is 2.74. The molecule has 136 valence electrons. The van der Waals surface area contributed by atoms with Crippen molar-refractivity contribution in [1.29, 1.82) is 5.26 Å². The molecule has 0 aliphatic carbocycles. The molecule has 0 spiro atoms. The van der Waals surface area contributed by atoms with Crippen molar-refractivity contribution in [3.05, 3.63) is 29.3 Å². The van der Waals surface area contributed by atoms with Crippen molar-refractivity contribution in [3.63, 3.8) is 0 Å². The van der Waals surface area contributed by atoms with Crippen LogP contribution in [0.4, 0.5) is 10.5 Å². The number of hydrogen-bond acceptors (Lipinski definition) is 4. The van der Waals surface area contributed by atoms with Crippen molar-refractivity contribution in [1.82, 2.24) is 10.2 Å². The van der Waals surface area contributed by atoms with Gasteiger partial charge in [0.25, 0.3) is 0 Å². The summed E-state index contributed by atoms with van der Waals surface area (Å²) in [4.78, 5) is 14.7. The molecular weight excluding hydrogens is 316 g/mol. The minimum absolute atomic E-state index is 0.236. The van der Waals surface area contributed by atoms with Gasteiger partial charge in [-0.2, -0.15) is 5.26 Å². The molecule has 25 heavy (non-hydrogen) atoms. The van der Waals surface area contributed by atoms with E-state index in [1.165, 1.54) is 0 Å². The average molecular weight is 344 g/mol. The Morgan fingerprint density at radius 2 is 2.08 bits per heavy atom. The number of nitrogens with zero attached hydrogens (tertiary/aromatic N) is 2. The van der Waals surface area contributed by atoms with E-state index in [1.54, 1.807) is 12.1 Å². The highest BCUT2D eigenvalue weighted by Gasteiger charge is 2.22. The standard InChI is InChI=1S/C19H28N4O2/c1-14(2)10-17(23-6-8-25-9-7-23)13-21-19(24)22-18-11-16(12-20)5-4-15(18)3/h4-5,11,14,17H,6-10,13H2,1-3H3,(H2,21,22,24). The third-order valence-electron chi connectivity index (χ3n) is 4.42. The van der Waals surface area contributed by atoms with E-state index >= 15 is 0 Å². The van der Waals surface area contributed by atoms with Crippen LogP contribution in [0.3, 0.4) is 0 Å². The minimum atomic E-state index is -0.236. The van der Waals surface area contributed by atoms with Gasteiger partial charge in [0.1, 0.15) is 0 Å². The SMILES string of the molecule is Cc1ccc(C#N)cc1NC(=O)NCC(CC(C)C)N1CCOCC1. The Hall–Kier alpha value is -2.10. The maximum atomic E-state index is 12.3. The Balaban J connectivity index is 1.92. The van der Waals surface area contributed by atoms with Crippen molar-refractivity contribution >= 4 is 11.7 Å². The van der Waals surface area contributed by atoms with E-state index < -0.39 is 0 Å². The van der Waals surface area contributed by atoms with E-state index in [0.717, 1.165) is 38.3 Å². The molecule has 0 bridgehead atoms. The summed E-state index contributed by atoms with van der Waals surface area (Å²) in [6, 6.07) is 7.44. The molecular formula is C19H28N4O2. The Kier molecular flexibility index (Phi) is 7.23. The molecule has 1 heterocycles. The lowest BCUT2D eigenvalue weighted by molar-refractivity contribution is 0.0130. The molecule has 2 N–H and O–H groups in total. The normalized spacial score (nSPS) is 16.3. The summed E-state index contributed by atoms with van der Waals surface area (Å²) in [6.07, 6.45) is 1.03. The molecule has 2 amide bonds. The number of urea groups is 1. The van der Waals surface area contributed by atoms with E-state index in [1.807, 2.05) is 13.0 Å². The van der Waals surface area contributed by atoms with E-state index in [0.29, 0.717) is 29.8 Å². The van der Waals surface area contributed by atoms with Crippen molar-refractivity contribution in [3.8, 4) is 6.07 Å². The number of nitriles is 1. The van der Waals surface area contributed by atoms with E-state index in [9.17, 15) is 4.79 Å². The van der Waals surface area contributed by atoms with Gasteiger partial charge in [-0.15, -0.1) is 0 Å². The largest absolute Gasteiger partial charge is 0.379 e. The molecule has 1 fully saturated rings. The monoisotopic (exact) mass is 344 g/mol. The zero-order chi connectivity index (χ0) is 18.2. The Morgan fingerprint density at radius 3 is 2.72 bits per heavy atom. The summed E-state index contributed by atoms with van der Waals surface area (Å²) in [5.74, 6) is 0.562. The molecule has 0 aromatic heterocycles. The Labute approximate surface area is 150 Å². The van der Waals surface area contributed by atoms with Gasteiger partial charge >= 0.3 is 6.03 Å². The van der Waals surface area contributed by atoms with Crippen molar-refractivity contribution < 1.29 is 9.53 Å². The molecule has 1 aromatic carbocycles. The molecule has 1 unspecified atom stereocenters. The number of aryl methyl sites for hydroxylation is 1. The number of carbonyl (C=O) groups is 1. The Bertz CT molecular complexity index is 618. The summed E-state index contributed by atoms with van der Waals surface area (Å²) < 4.78 is 5.43. The number of nitrogens with one attached hydrogen (secondary N) is 2. The van der Waals surface area contributed by atoms with Crippen LogP contribution in [-0.2, 0) is 4.74 Å². The fraction of sp³-hybridized carbons (Fsp3) is 0.579. The van der Waals surface area contributed by atoms with Crippen molar-refractivity contribution in [2.75, 3.05) is 38.2 Å². The summed E-state index contributed by atoms with van der Waals surface area (Å²) in [7, 11) is 0. The molecule has 1 aromatic rings. The van der Waals surface area contributed by atoms with Gasteiger partial charge in [0.05, 0.1) is 24.8 Å². The van der Waals surface area contributed by atoms with Crippen molar-refractivity contribution in [2.24, 2.45) is 5.92 Å². The van der Waals surface area contributed by atoms with Crippen LogP contribution >= 0.6 is 0 Å². The number of anilines is 1. The zero-order valence-electron chi connectivity index (χ0n) is 15.3. The lowest BCUT2D eigenvalue weighted by Gasteiger charge is -2.35. The average Bonchev–Trinajstić information content (AvgIpc) is 2.61. The van der Waals surface area contributed by atoms with Gasteiger partial charge in [-0.05, 0) is 37.0 Å². The first-order valence-electron chi connectivity index (χ1n) is 8.87. The first-order valence-corrected chi connectivity index (χ1v) is 8.87. The van der Waals surface area contributed by atoms with Gasteiger partial charge in [-0.3, -0.25) is 4.90 Å². The summed E-state index contributed by atoms with van der Waals surface area (Å²) in [6.45, 7) is 10.2. The maximum Gasteiger partial charge on any atom is 0.319 e. The number of benzene rings is 1. The van der Waals surface area contributed by atoms with Crippen LogP contribution in [0.2, 0.25) is 0 Å². The van der Waals surface area contributed by atoms with E-state index in [4.69, 9.17) is 10.00 Å². The van der Waals surface area contributed by atoms with Crippen LogP contribution in [0.5, 0.6) is 0 Å². The summed E-state index contributed by atoms with van der Waals surface area (Å²) in [5.41, 5.74) is 2.14. The van der Waals surface area contributed by atoms with E-state index in [2.05, 4.69) is 35.5 Å². The lowest BCUT2D eigenvalue weighted by atomic mass is 10.0. The predicted molar refractivity (Wildman–Crippen MR) is 98.6 cm³/mol. The smallest absolute Gasteiger partial charge is 0.319 e. The second-order valence-corrected chi connectivity index (χ2v) is 6.91. The van der Waals surface area contributed by atoms with Crippen LogP contribution < -0.4 is 10.6 Å². The third kappa shape index (κ3) is 6.04. The van der Waals surface area contributed by atoms with Crippen LogP contribution in [-0.4, -0.2) is 49.8 Å². The molecule has 0 radical (unpaired) electrons. The van der Waals surface area contributed by atoms with Gasteiger partial charge < -0.3 is 15.4 Å². The summed E-state index contributed by atoms with van der Waals surface area (Å²) >= 11 is 0. The first kappa shape index (κ1) is 19.2. The topological polar surface area (TPSA) is 77.4 Å². The number of morpholine rings is 1. The van der Waals surface area contributed by atoms with Crippen LogP contribution in [0.1, 0.15) is 31.4 Å². The lowest BCUT2D eigenvalue weighted by Crippen LogP contribution is -2.49. The molecule has 6 nitrogen and oxygen atoms in total. The maximum absolute atomic E-state index is 12.3. The van der Waals surface area contributed by atoms with Gasteiger partial charge in [-0.25, -0.2) is 4.79 Å². The van der Waals surface area contributed by atoms with Gasteiger partial charge in [0.2, 0.25) is 0 Å². The van der Waals surface area contributed by atoms with Gasteiger partial charge in [0, 0.05) is 31.4 Å². The second kappa shape index (κ2) is 9.40. The molecule has 6 heteroatoms. The van der Waals surface area contributed by atoms with Crippen LogP contribution in [0, 0.1) is 24.2 Å². The zero-order valence-corrected chi connectivity index (χ0v) is 15.3. The Morgan fingerprint density at radius 1 is 1.36 bits per heavy atom. The molecule has 0 saturated carbocycles. The highest BCUT2D eigenvalue weighted by atomic mass is 16.5. The first-order chi connectivity index (χ1) is 12.0. The number of ether oxygens (including phenoxy) is 1. The fourth-order valence-corrected chi connectivity index (χ4v) is 3.05. The highest BCUT2D eigenvalue weighted by Crippen LogP contribution is 2.17. The summed E-state index contributed by atoms with van der Waals surface area (Å²) in [5, 5.41) is 14.8. The highest BCUT2D eigenvalue weighted by molar-refractivity contribution is 5.90. The van der Waals surface area contributed by atoms with Gasteiger partial charge in [0.15, 0.2) is 0 Å². The second-order valence-electron chi connectivity index (χ2n) is 6.91. The van der Waals surface area contributed by atoms with Crippen molar-refractivity contribution in [2.45, 2.75) is 33.2 Å². The molecule has 1 aliphatic rings. The third-order valence-corrected chi connectivity index (χ3v) is 4.42. The van der Waals surface area contributed by atoms with E-state index in [-0.39, 0.29) is 6.03 Å². The minimum Gasteiger partial charge on any atom is -0.379 e. The number of hydrogen-bond donors (Lipinski definition) is 2. The number of amides is 2. The number of rotatable bonds is 6. The quantitative estimate of drug-likeness (QED) is 0.832. The van der Waals surface area contributed by atoms with Gasteiger partial charge in [-0.1, -0.05) is 19.9 Å².